The molecule has 1 atom stereocenters. The number of para-hydroxylation sites is 1. The van der Waals surface area contributed by atoms with Crippen LogP contribution >= 0.6 is 0 Å². The Morgan fingerprint density at radius 2 is 1.92 bits per heavy atom. The summed E-state index contributed by atoms with van der Waals surface area (Å²) in [7, 11) is 0. The monoisotopic (exact) mass is 334 g/mol. The zero-order valence-corrected chi connectivity index (χ0v) is 12.6. The fourth-order valence-corrected chi connectivity index (χ4v) is 1.95. The van der Waals surface area contributed by atoms with Crippen LogP contribution in [0.1, 0.15) is 22.8 Å². The third-order valence-electron chi connectivity index (χ3n) is 3.08. The molecule has 0 aliphatic heterocycles. The van der Waals surface area contributed by atoms with Gasteiger partial charge in [0, 0.05) is 5.69 Å². The maximum atomic E-state index is 12.8. The summed E-state index contributed by atoms with van der Waals surface area (Å²) in [6, 6.07) is 12.6. The van der Waals surface area contributed by atoms with Gasteiger partial charge in [0.2, 0.25) is 0 Å². The van der Waals surface area contributed by atoms with Gasteiger partial charge in [-0.2, -0.15) is 18.4 Å². The Hall–Kier alpha value is -3.01. The number of nitrogens with zero attached hydrogens (tertiary/aromatic N) is 1. The number of hydrogen-bond donors (Lipinski definition) is 1. The fraction of sp³-hybridized carbons (Fsp3) is 0.176. The number of carbonyl (C=O) groups is 1. The van der Waals surface area contributed by atoms with Crippen molar-refractivity contribution in [2.45, 2.75) is 19.2 Å². The van der Waals surface area contributed by atoms with Crippen LogP contribution in [0.2, 0.25) is 0 Å². The van der Waals surface area contributed by atoms with E-state index in [1.165, 1.54) is 31.2 Å². The SMILES string of the molecule is CC(C#N)OC(=O)c1ccccc1Nc1cccc(C(F)(F)F)c1. The van der Waals surface area contributed by atoms with Crippen LogP contribution in [-0.4, -0.2) is 12.1 Å². The summed E-state index contributed by atoms with van der Waals surface area (Å²) in [5.74, 6) is -0.737. The predicted molar refractivity (Wildman–Crippen MR) is 81.7 cm³/mol. The van der Waals surface area contributed by atoms with Crippen molar-refractivity contribution in [3.8, 4) is 6.07 Å². The molecule has 0 aliphatic carbocycles. The van der Waals surface area contributed by atoms with Gasteiger partial charge in [0.1, 0.15) is 6.07 Å². The zero-order valence-electron chi connectivity index (χ0n) is 12.6. The smallest absolute Gasteiger partial charge is 0.416 e. The Morgan fingerprint density at radius 1 is 1.21 bits per heavy atom. The largest absolute Gasteiger partial charge is 0.444 e. The number of anilines is 2. The van der Waals surface area contributed by atoms with Crippen molar-refractivity contribution < 1.29 is 22.7 Å². The molecule has 0 saturated carbocycles. The Balaban J connectivity index is 2.28. The molecule has 0 fully saturated rings. The van der Waals surface area contributed by atoms with Gasteiger partial charge in [-0.15, -0.1) is 0 Å². The lowest BCUT2D eigenvalue weighted by Gasteiger charge is -2.14. The Morgan fingerprint density at radius 3 is 2.58 bits per heavy atom. The van der Waals surface area contributed by atoms with Crippen LogP contribution in [-0.2, 0) is 10.9 Å². The van der Waals surface area contributed by atoms with Crippen molar-refractivity contribution in [2.75, 3.05) is 5.32 Å². The van der Waals surface area contributed by atoms with E-state index >= 15 is 0 Å². The molecule has 0 saturated heterocycles. The van der Waals surface area contributed by atoms with E-state index in [1.807, 2.05) is 0 Å². The van der Waals surface area contributed by atoms with Gasteiger partial charge >= 0.3 is 12.1 Å². The number of benzene rings is 2. The van der Waals surface area contributed by atoms with Crippen molar-refractivity contribution in [2.24, 2.45) is 0 Å². The van der Waals surface area contributed by atoms with Crippen molar-refractivity contribution >= 4 is 17.3 Å². The number of nitrogens with one attached hydrogen (secondary N) is 1. The first kappa shape index (κ1) is 17.3. The summed E-state index contributed by atoms with van der Waals surface area (Å²) < 4.78 is 43.2. The number of nitriles is 1. The van der Waals surface area contributed by atoms with Gasteiger partial charge in [-0.3, -0.25) is 0 Å². The lowest BCUT2D eigenvalue weighted by Crippen LogP contribution is -2.14. The highest BCUT2D eigenvalue weighted by Gasteiger charge is 2.30. The van der Waals surface area contributed by atoms with Gasteiger partial charge in [0.25, 0.3) is 0 Å². The number of hydrogen-bond acceptors (Lipinski definition) is 4. The fourth-order valence-electron chi connectivity index (χ4n) is 1.95. The maximum Gasteiger partial charge on any atom is 0.416 e. The van der Waals surface area contributed by atoms with Crippen LogP contribution in [0.25, 0.3) is 0 Å². The first-order chi connectivity index (χ1) is 11.3. The molecule has 24 heavy (non-hydrogen) atoms. The molecule has 0 aliphatic rings. The molecule has 0 radical (unpaired) electrons. The van der Waals surface area contributed by atoms with E-state index in [1.54, 1.807) is 18.2 Å². The van der Waals surface area contributed by atoms with Crippen molar-refractivity contribution in [3.05, 3.63) is 59.7 Å². The standard InChI is InChI=1S/C17H13F3N2O2/c1-11(10-21)24-16(23)14-7-2-3-8-15(14)22-13-6-4-5-12(9-13)17(18,19)20/h2-9,11,22H,1H3. The van der Waals surface area contributed by atoms with Crippen LogP contribution in [0.4, 0.5) is 24.5 Å². The van der Waals surface area contributed by atoms with Crippen LogP contribution in [0, 0.1) is 11.3 Å². The molecule has 2 rings (SSSR count). The summed E-state index contributed by atoms with van der Waals surface area (Å²) >= 11 is 0. The number of halogens is 3. The molecule has 4 nitrogen and oxygen atoms in total. The average Bonchev–Trinajstić information content (AvgIpc) is 2.54. The quantitative estimate of drug-likeness (QED) is 0.835. The van der Waals surface area contributed by atoms with E-state index in [-0.39, 0.29) is 16.9 Å². The third-order valence-corrected chi connectivity index (χ3v) is 3.08. The molecule has 2 aromatic rings. The van der Waals surface area contributed by atoms with E-state index in [4.69, 9.17) is 10.00 Å². The summed E-state index contributed by atoms with van der Waals surface area (Å²) in [5.41, 5.74) is -0.215. The first-order valence-electron chi connectivity index (χ1n) is 6.95. The minimum atomic E-state index is -4.46. The predicted octanol–water partition coefficient (Wildman–Crippen LogP) is 4.52. The minimum absolute atomic E-state index is 0.122. The molecule has 1 unspecified atom stereocenters. The second kappa shape index (κ2) is 7.04. The molecule has 0 aromatic heterocycles. The highest BCUT2D eigenvalue weighted by Crippen LogP contribution is 2.32. The van der Waals surface area contributed by atoms with Crippen LogP contribution < -0.4 is 5.32 Å². The third kappa shape index (κ3) is 4.26. The number of ether oxygens (including phenoxy) is 1. The van der Waals surface area contributed by atoms with Crippen LogP contribution in [0.5, 0.6) is 0 Å². The van der Waals surface area contributed by atoms with E-state index in [2.05, 4.69) is 5.32 Å². The number of esters is 1. The van der Waals surface area contributed by atoms with E-state index in [9.17, 15) is 18.0 Å². The number of rotatable bonds is 4. The second-order valence-corrected chi connectivity index (χ2v) is 4.93. The highest BCUT2D eigenvalue weighted by atomic mass is 19.4. The number of carbonyl (C=O) groups excluding carboxylic acids is 1. The lowest BCUT2D eigenvalue weighted by atomic mass is 10.1. The molecule has 0 spiro atoms. The van der Waals surface area contributed by atoms with Gasteiger partial charge in [0.05, 0.1) is 16.8 Å². The van der Waals surface area contributed by atoms with Crippen molar-refractivity contribution in [1.82, 2.24) is 0 Å². The number of alkyl halides is 3. The molecule has 0 heterocycles. The molecule has 0 bridgehead atoms. The topological polar surface area (TPSA) is 62.1 Å². The lowest BCUT2D eigenvalue weighted by molar-refractivity contribution is -0.137. The Labute approximate surface area is 136 Å². The van der Waals surface area contributed by atoms with Gasteiger partial charge < -0.3 is 10.1 Å². The molecule has 2 aromatic carbocycles. The van der Waals surface area contributed by atoms with E-state index in [0.717, 1.165) is 12.1 Å². The van der Waals surface area contributed by atoms with Crippen molar-refractivity contribution in [1.29, 1.82) is 5.26 Å². The maximum absolute atomic E-state index is 12.8. The zero-order chi connectivity index (χ0) is 17.7. The molecular formula is C17H13F3N2O2. The normalized spacial score (nSPS) is 12.1. The summed E-state index contributed by atoms with van der Waals surface area (Å²) in [6.07, 6.45) is -5.39. The minimum Gasteiger partial charge on any atom is -0.444 e. The summed E-state index contributed by atoms with van der Waals surface area (Å²) in [4.78, 5) is 12.1. The molecular weight excluding hydrogens is 321 g/mol. The second-order valence-electron chi connectivity index (χ2n) is 4.93. The van der Waals surface area contributed by atoms with Crippen LogP contribution in [0.15, 0.2) is 48.5 Å². The average molecular weight is 334 g/mol. The summed E-state index contributed by atoms with van der Waals surface area (Å²) in [6.45, 7) is 1.42. The highest BCUT2D eigenvalue weighted by molar-refractivity contribution is 5.96. The summed E-state index contributed by atoms with van der Waals surface area (Å²) in [5, 5.41) is 11.5. The molecule has 124 valence electrons. The Bertz CT molecular complexity index is 782. The van der Waals surface area contributed by atoms with Crippen LogP contribution in [0.3, 0.4) is 0 Å². The molecule has 7 heteroatoms. The van der Waals surface area contributed by atoms with Gasteiger partial charge in [0.15, 0.2) is 6.10 Å². The molecule has 1 N–H and O–H groups in total. The van der Waals surface area contributed by atoms with E-state index < -0.39 is 23.8 Å². The molecule has 0 amide bonds. The Kier molecular flexibility index (Phi) is 5.09. The van der Waals surface area contributed by atoms with E-state index in [0.29, 0.717) is 0 Å². The van der Waals surface area contributed by atoms with Gasteiger partial charge in [-0.25, -0.2) is 4.79 Å². The van der Waals surface area contributed by atoms with Gasteiger partial charge in [-0.05, 0) is 37.3 Å². The first-order valence-corrected chi connectivity index (χ1v) is 6.95. The van der Waals surface area contributed by atoms with Crippen molar-refractivity contribution in [3.63, 3.8) is 0 Å². The van der Waals surface area contributed by atoms with Gasteiger partial charge in [-0.1, -0.05) is 18.2 Å².